The minimum absolute atomic E-state index is 0.177. The first-order valence-corrected chi connectivity index (χ1v) is 9.73. The molecule has 0 saturated heterocycles. The Labute approximate surface area is 158 Å². The maximum absolute atomic E-state index is 12.6. The molecule has 0 unspecified atom stereocenters. The quantitative estimate of drug-likeness (QED) is 0.549. The molecule has 0 fully saturated rings. The van der Waals surface area contributed by atoms with E-state index in [1.54, 1.807) is 37.7 Å². The number of aromatic nitrogens is 1. The molecule has 0 spiro atoms. The zero-order chi connectivity index (χ0) is 17.1. The number of rotatable bonds is 4. The number of ether oxygens (including phenoxy) is 2. The second-order valence-electron chi connectivity index (χ2n) is 5.59. The number of nitrogens with one attached hydrogen (secondary N) is 1. The van der Waals surface area contributed by atoms with Crippen molar-refractivity contribution in [3.63, 3.8) is 0 Å². The van der Waals surface area contributed by atoms with Gasteiger partial charge in [0.1, 0.15) is 0 Å². The van der Waals surface area contributed by atoms with Gasteiger partial charge < -0.3 is 9.47 Å². The number of aryl methyl sites for hydroxylation is 2. The van der Waals surface area contributed by atoms with E-state index >= 15 is 0 Å². The van der Waals surface area contributed by atoms with Crippen LogP contribution < -0.4 is 14.8 Å². The summed E-state index contributed by atoms with van der Waals surface area (Å²) in [5, 5.41) is 3.61. The maximum atomic E-state index is 12.6. The molecule has 7 heteroatoms. The molecule has 0 saturated carbocycles. The van der Waals surface area contributed by atoms with E-state index in [4.69, 9.17) is 9.47 Å². The van der Waals surface area contributed by atoms with E-state index in [1.807, 2.05) is 0 Å². The summed E-state index contributed by atoms with van der Waals surface area (Å²) in [6, 6.07) is 3.50. The summed E-state index contributed by atoms with van der Waals surface area (Å²) in [4.78, 5) is 18.6. The smallest absolute Gasteiger partial charge is 0.258 e. The fourth-order valence-corrected chi connectivity index (χ4v) is 4.50. The molecule has 0 radical (unpaired) electrons. The fraction of sp³-hybridized carbons (Fsp3) is 0.412. The van der Waals surface area contributed by atoms with Crippen molar-refractivity contribution in [2.45, 2.75) is 32.1 Å². The molecule has 2 aromatic rings. The van der Waals surface area contributed by atoms with E-state index < -0.39 is 0 Å². The first-order chi connectivity index (χ1) is 11.6. The van der Waals surface area contributed by atoms with Crippen LogP contribution in [0.1, 0.15) is 40.2 Å². The normalized spacial score (nSPS) is 13.8. The zero-order valence-electron chi connectivity index (χ0n) is 13.6. The third-order valence-electron chi connectivity index (χ3n) is 4.03. The number of amides is 1. The Morgan fingerprint density at radius 2 is 1.88 bits per heavy atom. The van der Waals surface area contributed by atoms with Crippen LogP contribution in [-0.2, 0) is 12.8 Å². The van der Waals surface area contributed by atoms with Crippen LogP contribution >= 0.6 is 33.9 Å². The van der Waals surface area contributed by atoms with Crippen molar-refractivity contribution in [3.05, 3.63) is 31.8 Å². The van der Waals surface area contributed by atoms with Crippen LogP contribution in [0.25, 0.3) is 0 Å². The molecule has 0 aliphatic heterocycles. The van der Waals surface area contributed by atoms with Crippen molar-refractivity contribution < 1.29 is 14.3 Å². The van der Waals surface area contributed by atoms with Crippen LogP contribution in [0.5, 0.6) is 11.5 Å². The van der Waals surface area contributed by atoms with Gasteiger partial charge in [0.15, 0.2) is 16.6 Å². The van der Waals surface area contributed by atoms with Crippen molar-refractivity contribution in [2.75, 3.05) is 19.5 Å². The number of benzene rings is 1. The molecular weight excluding hydrogens is 439 g/mol. The number of carbonyl (C=O) groups excluding carboxylic acids is 1. The van der Waals surface area contributed by atoms with Crippen LogP contribution in [0.4, 0.5) is 5.13 Å². The number of carbonyl (C=O) groups is 1. The molecule has 1 aliphatic rings. The lowest BCUT2D eigenvalue weighted by atomic mass is 10.2. The van der Waals surface area contributed by atoms with Crippen LogP contribution in [0.15, 0.2) is 12.1 Å². The number of hydrogen-bond acceptors (Lipinski definition) is 5. The molecule has 1 amide bonds. The summed E-state index contributed by atoms with van der Waals surface area (Å²) in [7, 11) is 3.14. The Hall–Kier alpha value is -1.35. The van der Waals surface area contributed by atoms with Gasteiger partial charge >= 0.3 is 0 Å². The van der Waals surface area contributed by atoms with E-state index in [1.165, 1.54) is 24.1 Å². The molecule has 1 aliphatic carbocycles. The van der Waals surface area contributed by atoms with E-state index in [9.17, 15) is 4.79 Å². The first kappa shape index (κ1) is 17.5. The highest BCUT2D eigenvalue weighted by atomic mass is 127. The highest BCUT2D eigenvalue weighted by Gasteiger charge is 2.19. The largest absolute Gasteiger partial charge is 0.493 e. The Bertz CT molecular complexity index is 737. The van der Waals surface area contributed by atoms with Crippen molar-refractivity contribution in [1.82, 2.24) is 4.98 Å². The molecule has 0 atom stereocenters. The number of hydrogen-bond donors (Lipinski definition) is 1. The van der Waals surface area contributed by atoms with E-state index in [-0.39, 0.29) is 5.91 Å². The van der Waals surface area contributed by atoms with E-state index in [0.29, 0.717) is 22.2 Å². The topological polar surface area (TPSA) is 60.5 Å². The van der Waals surface area contributed by atoms with Gasteiger partial charge in [-0.2, -0.15) is 0 Å². The Morgan fingerprint density at radius 3 is 2.62 bits per heavy atom. The number of anilines is 1. The molecule has 1 heterocycles. The predicted molar refractivity (Wildman–Crippen MR) is 104 cm³/mol. The minimum Gasteiger partial charge on any atom is -0.493 e. The van der Waals surface area contributed by atoms with Gasteiger partial charge in [0.05, 0.1) is 25.5 Å². The number of fused-ring (bicyclic) bond motifs is 1. The van der Waals surface area contributed by atoms with Crippen molar-refractivity contribution in [3.8, 4) is 11.5 Å². The van der Waals surface area contributed by atoms with Gasteiger partial charge in [0.25, 0.3) is 5.91 Å². The Balaban J connectivity index is 1.82. The third kappa shape index (κ3) is 3.66. The average Bonchev–Trinajstić information content (AvgIpc) is 2.82. The SMILES string of the molecule is COc1cc(I)c(C(=O)Nc2nc3c(s2)CCCCC3)cc1OC. The summed E-state index contributed by atoms with van der Waals surface area (Å²) < 4.78 is 11.4. The predicted octanol–water partition coefficient (Wildman–Crippen LogP) is 4.29. The minimum atomic E-state index is -0.177. The monoisotopic (exact) mass is 458 g/mol. The summed E-state index contributed by atoms with van der Waals surface area (Å²) in [5.41, 5.74) is 1.70. The van der Waals surface area contributed by atoms with Crippen LogP contribution in [0, 0.1) is 3.57 Å². The van der Waals surface area contributed by atoms with Crippen LogP contribution in [0.2, 0.25) is 0 Å². The lowest BCUT2D eigenvalue weighted by Crippen LogP contribution is -2.14. The molecule has 1 aromatic carbocycles. The average molecular weight is 458 g/mol. The molecule has 1 aromatic heterocycles. The second-order valence-corrected chi connectivity index (χ2v) is 7.84. The second kappa shape index (κ2) is 7.69. The van der Waals surface area contributed by atoms with Crippen LogP contribution in [0.3, 0.4) is 0 Å². The maximum Gasteiger partial charge on any atom is 0.258 e. The van der Waals surface area contributed by atoms with Crippen LogP contribution in [-0.4, -0.2) is 25.1 Å². The van der Waals surface area contributed by atoms with Gasteiger partial charge in [-0.05, 0) is 60.4 Å². The molecule has 5 nitrogen and oxygen atoms in total. The Morgan fingerprint density at radius 1 is 1.17 bits per heavy atom. The van der Waals surface area contributed by atoms with Crippen molar-refractivity contribution in [2.24, 2.45) is 0 Å². The van der Waals surface area contributed by atoms with Gasteiger partial charge in [0, 0.05) is 8.45 Å². The zero-order valence-corrected chi connectivity index (χ0v) is 16.6. The van der Waals surface area contributed by atoms with E-state index in [2.05, 4.69) is 32.9 Å². The number of methoxy groups -OCH3 is 2. The highest BCUT2D eigenvalue weighted by Crippen LogP contribution is 2.33. The number of thiazole rings is 1. The lowest BCUT2D eigenvalue weighted by molar-refractivity contribution is 0.102. The fourth-order valence-electron chi connectivity index (χ4n) is 2.77. The number of halogens is 1. The number of nitrogens with zero attached hydrogens (tertiary/aromatic N) is 1. The molecule has 0 bridgehead atoms. The summed E-state index contributed by atoms with van der Waals surface area (Å²) in [6.45, 7) is 0. The molecular formula is C17H19IN2O3S. The molecule has 128 valence electrons. The third-order valence-corrected chi connectivity index (χ3v) is 6.00. The molecule has 1 N–H and O–H groups in total. The summed E-state index contributed by atoms with van der Waals surface area (Å²) >= 11 is 3.72. The molecule has 24 heavy (non-hydrogen) atoms. The van der Waals surface area contributed by atoms with Gasteiger partial charge in [-0.15, -0.1) is 11.3 Å². The lowest BCUT2D eigenvalue weighted by Gasteiger charge is -2.11. The Kier molecular flexibility index (Phi) is 5.60. The summed E-state index contributed by atoms with van der Waals surface area (Å²) in [6.07, 6.45) is 5.72. The highest BCUT2D eigenvalue weighted by molar-refractivity contribution is 14.1. The van der Waals surface area contributed by atoms with Gasteiger partial charge in [-0.25, -0.2) is 4.98 Å². The van der Waals surface area contributed by atoms with Gasteiger partial charge in [0.2, 0.25) is 0 Å². The summed E-state index contributed by atoms with van der Waals surface area (Å²) in [5.74, 6) is 0.974. The molecule has 3 rings (SSSR count). The van der Waals surface area contributed by atoms with Gasteiger partial charge in [-0.3, -0.25) is 10.1 Å². The standard InChI is InChI=1S/C17H19IN2O3S/c1-22-13-8-10(11(18)9-14(13)23-2)16(21)20-17-19-12-6-4-3-5-7-15(12)24-17/h8-9H,3-7H2,1-2H3,(H,19,20,21). The van der Waals surface area contributed by atoms with Crippen molar-refractivity contribution >= 4 is 45.0 Å². The van der Waals surface area contributed by atoms with Crippen molar-refractivity contribution in [1.29, 1.82) is 0 Å². The first-order valence-electron chi connectivity index (χ1n) is 7.84. The van der Waals surface area contributed by atoms with Gasteiger partial charge in [-0.1, -0.05) is 6.42 Å². The van der Waals surface area contributed by atoms with E-state index in [0.717, 1.165) is 22.1 Å².